The summed E-state index contributed by atoms with van der Waals surface area (Å²) >= 11 is 0. The van der Waals surface area contributed by atoms with Crippen LogP contribution in [0.25, 0.3) is 16.6 Å². The molecule has 0 saturated carbocycles. The van der Waals surface area contributed by atoms with Crippen molar-refractivity contribution in [3.63, 3.8) is 0 Å². The number of rotatable bonds is 7. The van der Waals surface area contributed by atoms with Crippen LogP contribution in [0.3, 0.4) is 0 Å². The first-order valence-corrected chi connectivity index (χ1v) is 10.9. The highest BCUT2D eigenvalue weighted by atomic mass is 16.5. The van der Waals surface area contributed by atoms with Crippen molar-refractivity contribution < 1.29 is 4.74 Å². The molecule has 1 fully saturated rings. The molecule has 1 aliphatic rings. The van der Waals surface area contributed by atoms with E-state index in [0.717, 1.165) is 42.4 Å². The predicted octanol–water partition coefficient (Wildman–Crippen LogP) is 3.43. The Hall–Kier alpha value is -2.70. The molecule has 0 bridgehead atoms. The van der Waals surface area contributed by atoms with Gasteiger partial charge in [-0.1, -0.05) is 12.1 Å². The van der Waals surface area contributed by atoms with Gasteiger partial charge in [-0.15, -0.1) is 0 Å². The Morgan fingerprint density at radius 1 is 1.17 bits per heavy atom. The summed E-state index contributed by atoms with van der Waals surface area (Å²) in [6.45, 7) is 7.73. The number of piperidine rings is 1. The topological polar surface area (TPSA) is 68.2 Å². The Labute approximate surface area is 177 Å². The number of benzene rings is 2. The van der Waals surface area contributed by atoms with Crippen LogP contribution in [-0.4, -0.2) is 35.8 Å². The van der Waals surface area contributed by atoms with Gasteiger partial charge in [0, 0.05) is 0 Å². The van der Waals surface area contributed by atoms with Crippen molar-refractivity contribution >= 4 is 10.9 Å². The molecule has 0 spiro atoms. The van der Waals surface area contributed by atoms with E-state index >= 15 is 0 Å². The predicted molar refractivity (Wildman–Crippen MR) is 121 cm³/mol. The second-order valence-corrected chi connectivity index (χ2v) is 7.88. The molecule has 0 radical (unpaired) electrons. The first kappa shape index (κ1) is 20.6. The van der Waals surface area contributed by atoms with Crippen molar-refractivity contribution in [1.29, 1.82) is 0 Å². The van der Waals surface area contributed by atoms with Gasteiger partial charge >= 0.3 is 0 Å². The monoisotopic (exact) mass is 406 g/mol. The SMILES string of the molecule is CCOc1ccc(-n2c([C@@H](C)NCC3CCNCC3)nc3ccccc3c2=O)cc1. The van der Waals surface area contributed by atoms with Gasteiger partial charge in [-0.25, -0.2) is 4.98 Å². The molecule has 6 nitrogen and oxygen atoms in total. The van der Waals surface area contributed by atoms with Crippen LogP contribution in [0, 0.1) is 5.92 Å². The lowest BCUT2D eigenvalue weighted by atomic mass is 9.98. The Morgan fingerprint density at radius 2 is 1.90 bits per heavy atom. The Morgan fingerprint density at radius 3 is 2.63 bits per heavy atom. The molecule has 30 heavy (non-hydrogen) atoms. The van der Waals surface area contributed by atoms with Gasteiger partial charge < -0.3 is 15.4 Å². The third-order valence-corrected chi connectivity index (χ3v) is 5.77. The van der Waals surface area contributed by atoms with Crippen molar-refractivity contribution in [3.8, 4) is 11.4 Å². The molecule has 158 valence electrons. The van der Waals surface area contributed by atoms with Crippen molar-refractivity contribution in [2.75, 3.05) is 26.2 Å². The van der Waals surface area contributed by atoms with E-state index in [2.05, 4.69) is 17.6 Å². The molecule has 2 N–H and O–H groups in total. The van der Waals surface area contributed by atoms with Crippen molar-refractivity contribution in [3.05, 3.63) is 64.7 Å². The highest BCUT2D eigenvalue weighted by Gasteiger charge is 2.20. The number of fused-ring (bicyclic) bond motifs is 1. The minimum Gasteiger partial charge on any atom is -0.494 e. The van der Waals surface area contributed by atoms with Crippen LogP contribution >= 0.6 is 0 Å². The lowest BCUT2D eigenvalue weighted by Crippen LogP contribution is -2.36. The zero-order valence-electron chi connectivity index (χ0n) is 17.7. The highest BCUT2D eigenvalue weighted by molar-refractivity contribution is 5.77. The number of hydrogen-bond acceptors (Lipinski definition) is 5. The van der Waals surface area contributed by atoms with Crippen LogP contribution in [0.1, 0.15) is 38.6 Å². The molecular formula is C24H30N4O2. The van der Waals surface area contributed by atoms with Crippen molar-refractivity contribution in [2.24, 2.45) is 5.92 Å². The van der Waals surface area contributed by atoms with Crippen molar-refractivity contribution in [2.45, 2.75) is 32.7 Å². The molecule has 3 aromatic rings. The molecule has 4 rings (SSSR count). The van der Waals surface area contributed by atoms with Gasteiger partial charge in [0.05, 0.1) is 29.2 Å². The molecule has 0 aliphatic carbocycles. The maximum Gasteiger partial charge on any atom is 0.266 e. The normalized spacial score (nSPS) is 15.9. The molecule has 2 heterocycles. The smallest absolute Gasteiger partial charge is 0.266 e. The van der Waals surface area contributed by atoms with E-state index in [-0.39, 0.29) is 11.6 Å². The van der Waals surface area contributed by atoms with Gasteiger partial charge in [0.25, 0.3) is 5.56 Å². The largest absolute Gasteiger partial charge is 0.494 e. The van der Waals surface area contributed by atoms with Gasteiger partial charge in [0.1, 0.15) is 11.6 Å². The van der Waals surface area contributed by atoms with Crippen LogP contribution in [0.4, 0.5) is 0 Å². The first-order chi connectivity index (χ1) is 14.7. The molecule has 6 heteroatoms. The van der Waals surface area contributed by atoms with E-state index in [1.54, 1.807) is 4.57 Å². The maximum atomic E-state index is 13.4. The fourth-order valence-corrected chi connectivity index (χ4v) is 4.07. The standard InChI is InChI=1S/C24H30N4O2/c1-3-30-20-10-8-19(9-11-20)28-23(17(2)26-16-18-12-14-25-15-13-18)27-22-7-5-4-6-21(22)24(28)29/h4-11,17-18,25-26H,3,12-16H2,1-2H3/t17-/m1/s1. The average Bonchev–Trinajstić information content (AvgIpc) is 2.79. The number of para-hydroxylation sites is 1. The Bertz CT molecular complexity index is 1040. The third-order valence-electron chi connectivity index (χ3n) is 5.77. The van der Waals surface area contributed by atoms with E-state index in [0.29, 0.717) is 17.9 Å². The Kier molecular flexibility index (Phi) is 6.45. The fraction of sp³-hybridized carbons (Fsp3) is 0.417. The van der Waals surface area contributed by atoms with Gasteiger partial charge in [-0.3, -0.25) is 9.36 Å². The minimum absolute atomic E-state index is 0.0460. The number of aromatic nitrogens is 2. The number of nitrogens with one attached hydrogen (secondary N) is 2. The number of nitrogens with zero attached hydrogens (tertiary/aromatic N) is 2. The summed E-state index contributed by atoms with van der Waals surface area (Å²) in [5, 5.41) is 7.66. The van der Waals surface area contributed by atoms with Crippen LogP contribution in [-0.2, 0) is 0 Å². The van der Waals surface area contributed by atoms with Gasteiger partial charge in [-0.2, -0.15) is 0 Å². The molecule has 0 unspecified atom stereocenters. The summed E-state index contributed by atoms with van der Waals surface area (Å²) < 4.78 is 7.29. The first-order valence-electron chi connectivity index (χ1n) is 10.9. The van der Waals surface area contributed by atoms with Crippen LogP contribution in [0.5, 0.6) is 5.75 Å². The summed E-state index contributed by atoms with van der Waals surface area (Å²) in [7, 11) is 0. The Balaban J connectivity index is 1.71. The second-order valence-electron chi connectivity index (χ2n) is 7.88. The lowest BCUT2D eigenvalue weighted by Gasteiger charge is -2.25. The summed E-state index contributed by atoms with van der Waals surface area (Å²) in [6, 6.07) is 15.1. The zero-order chi connectivity index (χ0) is 20.9. The van der Waals surface area contributed by atoms with E-state index in [9.17, 15) is 4.79 Å². The van der Waals surface area contributed by atoms with Gasteiger partial charge in [0.2, 0.25) is 0 Å². The number of hydrogen-bond donors (Lipinski definition) is 2. The zero-order valence-corrected chi connectivity index (χ0v) is 17.7. The van der Waals surface area contributed by atoms with Crippen LogP contribution < -0.4 is 20.9 Å². The molecule has 1 aromatic heterocycles. The summed E-state index contributed by atoms with van der Waals surface area (Å²) in [5.41, 5.74) is 1.48. The summed E-state index contributed by atoms with van der Waals surface area (Å²) in [6.07, 6.45) is 2.35. The van der Waals surface area contributed by atoms with E-state index < -0.39 is 0 Å². The molecular weight excluding hydrogens is 376 g/mol. The fourth-order valence-electron chi connectivity index (χ4n) is 4.07. The second kappa shape index (κ2) is 9.41. The highest BCUT2D eigenvalue weighted by Crippen LogP contribution is 2.21. The van der Waals surface area contributed by atoms with Crippen LogP contribution in [0.2, 0.25) is 0 Å². The van der Waals surface area contributed by atoms with Crippen molar-refractivity contribution in [1.82, 2.24) is 20.2 Å². The summed E-state index contributed by atoms with van der Waals surface area (Å²) in [5.74, 6) is 2.18. The molecule has 1 atom stereocenters. The average molecular weight is 407 g/mol. The lowest BCUT2D eigenvalue weighted by molar-refractivity contribution is 0.340. The van der Waals surface area contributed by atoms with E-state index in [4.69, 9.17) is 9.72 Å². The minimum atomic E-state index is -0.0521. The molecule has 0 amide bonds. The van der Waals surface area contributed by atoms with Gasteiger partial charge in [-0.05, 0) is 88.6 Å². The molecule has 1 saturated heterocycles. The maximum absolute atomic E-state index is 13.4. The van der Waals surface area contributed by atoms with Gasteiger partial charge in [0.15, 0.2) is 0 Å². The molecule has 1 aliphatic heterocycles. The van der Waals surface area contributed by atoms with Crippen LogP contribution in [0.15, 0.2) is 53.3 Å². The third kappa shape index (κ3) is 4.40. The van der Waals surface area contributed by atoms with E-state index in [1.807, 2.05) is 55.5 Å². The quantitative estimate of drug-likeness (QED) is 0.629. The van der Waals surface area contributed by atoms with E-state index in [1.165, 1.54) is 12.8 Å². The molecule has 2 aromatic carbocycles. The number of ether oxygens (including phenoxy) is 1. The summed E-state index contributed by atoms with van der Waals surface area (Å²) in [4.78, 5) is 18.3.